The Morgan fingerprint density at radius 3 is 2.29 bits per heavy atom. The fraction of sp³-hybridized carbons (Fsp3) is 0.409. The van der Waals surface area contributed by atoms with Crippen LogP contribution in [0.2, 0.25) is 0 Å². The van der Waals surface area contributed by atoms with Gasteiger partial charge in [0, 0.05) is 38.1 Å². The Balaban J connectivity index is 1.54. The van der Waals surface area contributed by atoms with Gasteiger partial charge in [-0.25, -0.2) is 8.42 Å². The van der Waals surface area contributed by atoms with Crippen LogP contribution in [0.1, 0.15) is 29.6 Å². The van der Waals surface area contributed by atoms with Crippen LogP contribution in [0.4, 0.5) is 0 Å². The molecule has 2 aliphatic rings. The van der Waals surface area contributed by atoms with Gasteiger partial charge >= 0.3 is 0 Å². The summed E-state index contributed by atoms with van der Waals surface area (Å²) in [6, 6.07) is 9.69. The van der Waals surface area contributed by atoms with Gasteiger partial charge in [0.1, 0.15) is 17.1 Å². The molecule has 31 heavy (non-hydrogen) atoms. The highest BCUT2D eigenvalue weighted by molar-refractivity contribution is 7.89. The minimum atomic E-state index is -3.72. The van der Waals surface area contributed by atoms with Crippen molar-refractivity contribution in [3.05, 3.63) is 42.0 Å². The van der Waals surface area contributed by atoms with Gasteiger partial charge in [0.15, 0.2) is 17.3 Å². The highest BCUT2D eigenvalue weighted by Gasteiger charge is 2.45. The molecular formula is C22H25NO7S. The van der Waals surface area contributed by atoms with E-state index in [-0.39, 0.29) is 30.2 Å². The molecule has 0 radical (unpaired) electrons. The molecule has 2 aromatic rings. The molecule has 4 rings (SSSR count). The predicted molar refractivity (Wildman–Crippen MR) is 113 cm³/mol. The smallest absolute Gasteiger partial charge is 0.243 e. The Hall–Kier alpha value is -2.78. The van der Waals surface area contributed by atoms with Gasteiger partial charge < -0.3 is 18.9 Å². The third kappa shape index (κ3) is 3.83. The molecule has 0 aliphatic carbocycles. The Morgan fingerprint density at radius 1 is 0.935 bits per heavy atom. The lowest BCUT2D eigenvalue weighted by molar-refractivity contribution is 0.00577. The van der Waals surface area contributed by atoms with Crippen LogP contribution in [0.3, 0.4) is 0 Å². The quantitative estimate of drug-likeness (QED) is 0.696. The molecule has 166 valence electrons. The highest BCUT2D eigenvalue weighted by atomic mass is 32.2. The Labute approximate surface area is 181 Å². The lowest BCUT2D eigenvalue weighted by atomic mass is 9.83. The molecule has 0 bridgehead atoms. The van der Waals surface area contributed by atoms with Crippen LogP contribution in [-0.4, -0.2) is 58.5 Å². The van der Waals surface area contributed by atoms with Crippen molar-refractivity contribution >= 4 is 15.8 Å². The summed E-state index contributed by atoms with van der Waals surface area (Å²) in [5.41, 5.74) is -0.174. The molecule has 1 saturated heterocycles. The number of rotatable bonds is 5. The molecular weight excluding hydrogens is 422 g/mol. The van der Waals surface area contributed by atoms with Crippen molar-refractivity contribution in [2.75, 3.05) is 34.4 Å². The lowest BCUT2D eigenvalue weighted by Crippen LogP contribution is -2.52. The lowest BCUT2D eigenvalue weighted by Gasteiger charge is -2.43. The molecule has 9 heteroatoms. The van der Waals surface area contributed by atoms with Crippen LogP contribution in [0, 0.1) is 0 Å². The van der Waals surface area contributed by atoms with Gasteiger partial charge in [-0.2, -0.15) is 4.31 Å². The summed E-state index contributed by atoms with van der Waals surface area (Å²) < 4.78 is 49.7. The molecule has 8 nitrogen and oxygen atoms in total. The first-order valence-corrected chi connectivity index (χ1v) is 11.4. The van der Waals surface area contributed by atoms with E-state index in [2.05, 4.69) is 0 Å². The number of sulfonamides is 1. The first kappa shape index (κ1) is 21.5. The molecule has 1 fully saturated rings. The zero-order valence-corrected chi connectivity index (χ0v) is 18.5. The topological polar surface area (TPSA) is 91.4 Å². The first-order valence-electron chi connectivity index (χ1n) is 9.94. The van der Waals surface area contributed by atoms with Crippen LogP contribution in [-0.2, 0) is 10.0 Å². The third-order valence-electron chi connectivity index (χ3n) is 5.92. The fourth-order valence-electron chi connectivity index (χ4n) is 4.14. The van der Waals surface area contributed by atoms with Gasteiger partial charge in [0.25, 0.3) is 0 Å². The van der Waals surface area contributed by atoms with E-state index in [0.29, 0.717) is 41.4 Å². The van der Waals surface area contributed by atoms with Crippen molar-refractivity contribution in [1.82, 2.24) is 4.31 Å². The summed E-state index contributed by atoms with van der Waals surface area (Å²) in [6.45, 7) is 0.506. The molecule has 0 amide bonds. The normalized spacial score (nSPS) is 18.2. The van der Waals surface area contributed by atoms with E-state index in [4.69, 9.17) is 18.9 Å². The second kappa shape index (κ2) is 8.05. The van der Waals surface area contributed by atoms with Crippen molar-refractivity contribution in [2.45, 2.75) is 29.8 Å². The Kier molecular flexibility index (Phi) is 5.57. The summed E-state index contributed by atoms with van der Waals surface area (Å²) in [5.74, 6) is 1.91. The van der Waals surface area contributed by atoms with Crippen LogP contribution in [0.25, 0.3) is 0 Å². The Morgan fingerprint density at radius 2 is 1.65 bits per heavy atom. The monoisotopic (exact) mass is 447 g/mol. The highest BCUT2D eigenvalue weighted by Crippen LogP contribution is 2.41. The summed E-state index contributed by atoms with van der Waals surface area (Å²) >= 11 is 0. The molecule has 0 N–H and O–H groups in total. The average molecular weight is 448 g/mol. The second-order valence-electron chi connectivity index (χ2n) is 7.67. The summed E-state index contributed by atoms with van der Waals surface area (Å²) in [4.78, 5) is 12.8. The van der Waals surface area contributed by atoms with E-state index in [1.54, 1.807) is 31.4 Å². The van der Waals surface area contributed by atoms with Gasteiger partial charge in [-0.15, -0.1) is 0 Å². The minimum absolute atomic E-state index is 0.0000935. The Bertz CT molecular complexity index is 1100. The molecule has 1 spiro atoms. The largest absolute Gasteiger partial charge is 0.497 e. The average Bonchev–Trinajstić information content (AvgIpc) is 2.78. The van der Waals surface area contributed by atoms with Crippen molar-refractivity contribution in [1.29, 1.82) is 0 Å². The van der Waals surface area contributed by atoms with Gasteiger partial charge in [-0.1, -0.05) is 0 Å². The number of ether oxygens (including phenoxy) is 4. The maximum absolute atomic E-state index is 13.2. The van der Waals surface area contributed by atoms with E-state index in [0.717, 1.165) is 0 Å². The number of fused-ring (bicyclic) bond motifs is 1. The molecule has 0 saturated carbocycles. The summed E-state index contributed by atoms with van der Waals surface area (Å²) in [6.07, 6.45) is 1.07. The van der Waals surface area contributed by atoms with Crippen molar-refractivity contribution in [2.24, 2.45) is 0 Å². The number of benzene rings is 2. The maximum Gasteiger partial charge on any atom is 0.243 e. The SMILES string of the molecule is COc1ccc2c(c1)OC1(CCN(S(=O)(=O)c3ccc(OC)c(OC)c3)CC1)CC2=O. The second-order valence-corrected chi connectivity index (χ2v) is 9.61. The van der Waals surface area contributed by atoms with Gasteiger partial charge in [0.05, 0.1) is 38.2 Å². The zero-order chi connectivity index (χ0) is 22.2. The molecule has 2 heterocycles. The van der Waals surface area contributed by atoms with E-state index in [9.17, 15) is 13.2 Å². The standard InChI is InChI=1S/C22H25NO7S/c1-27-15-4-6-17-18(24)14-22(30-20(17)12-15)8-10-23(11-9-22)31(25,26)16-5-7-19(28-2)21(13-16)29-3/h4-7,12-13H,8-11,14H2,1-3H3. The van der Waals surface area contributed by atoms with E-state index in [1.165, 1.54) is 30.7 Å². The van der Waals surface area contributed by atoms with Gasteiger partial charge in [0.2, 0.25) is 10.0 Å². The van der Waals surface area contributed by atoms with E-state index >= 15 is 0 Å². The number of carbonyl (C=O) groups is 1. The van der Waals surface area contributed by atoms with E-state index in [1.807, 2.05) is 0 Å². The van der Waals surface area contributed by atoms with Crippen molar-refractivity contribution in [3.63, 3.8) is 0 Å². The van der Waals surface area contributed by atoms with Crippen LogP contribution >= 0.6 is 0 Å². The number of methoxy groups -OCH3 is 3. The number of carbonyl (C=O) groups excluding carboxylic acids is 1. The maximum atomic E-state index is 13.2. The van der Waals surface area contributed by atoms with E-state index < -0.39 is 15.6 Å². The summed E-state index contributed by atoms with van der Waals surface area (Å²) in [7, 11) is 0.790. The minimum Gasteiger partial charge on any atom is -0.497 e. The van der Waals surface area contributed by atoms with Crippen LogP contribution in [0.15, 0.2) is 41.3 Å². The van der Waals surface area contributed by atoms with Gasteiger partial charge in [-0.3, -0.25) is 4.79 Å². The number of Topliss-reactive ketones (excluding diaryl/α,β-unsaturated/α-hetero) is 1. The number of hydrogen-bond acceptors (Lipinski definition) is 7. The molecule has 2 aliphatic heterocycles. The number of piperidine rings is 1. The zero-order valence-electron chi connectivity index (χ0n) is 17.7. The van der Waals surface area contributed by atoms with Crippen molar-refractivity contribution in [3.8, 4) is 23.0 Å². The van der Waals surface area contributed by atoms with Crippen molar-refractivity contribution < 1.29 is 32.2 Å². The third-order valence-corrected chi connectivity index (χ3v) is 7.82. The molecule has 0 atom stereocenters. The number of nitrogens with zero attached hydrogens (tertiary/aromatic N) is 1. The molecule has 0 aromatic heterocycles. The molecule has 2 aromatic carbocycles. The summed E-state index contributed by atoms with van der Waals surface area (Å²) in [5, 5.41) is 0. The number of hydrogen-bond donors (Lipinski definition) is 0. The number of ketones is 1. The predicted octanol–water partition coefficient (Wildman–Crippen LogP) is 2.90. The molecule has 0 unspecified atom stereocenters. The van der Waals surface area contributed by atoms with Crippen LogP contribution in [0.5, 0.6) is 23.0 Å². The fourth-order valence-corrected chi connectivity index (χ4v) is 5.60. The van der Waals surface area contributed by atoms with Gasteiger partial charge in [-0.05, 0) is 24.3 Å². The van der Waals surface area contributed by atoms with Crippen LogP contribution < -0.4 is 18.9 Å². The first-order chi connectivity index (χ1) is 14.8.